The molecule has 0 saturated carbocycles. The fourth-order valence-corrected chi connectivity index (χ4v) is 4.10. The van der Waals surface area contributed by atoms with Crippen molar-refractivity contribution in [3.63, 3.8) is 0 Å². The molecule has 1 fully saturated rings. The second kappa shape index (κ2) is 10.1. The molecule has 1 aliphatic heterocycles. The van der Waals surface area contributed by atoms with Crippen molar-refractivity contribution in [2.24, 2.45) is 4.99 Å². The molecule has 2 N–H and O–H groups in total. The van der Waals surface area contributed by atoms with Gasteiger partial charge in [0.25, 0.3) is 0 Å². The highest BCUT2D eigenvalue weighted by Crippen LogP contribution is 2.28. The Bertz CT molecular complexity index is 673. The minimum absolute atomic E-state index is 0. The maximum Gasteiger partial charge on any atom is 0.511 e. The first kappa shape index (κ1) is 23.4. The highest BCUT2D eigenvalue weighted by atomic mass is 127. The van der Waals surface area contributed by atoms with E-state index in [1.54, 1.807) is 11.3 Å². The lowest BCUT2D eigenvalue weighted by Crippen LogP contribution is -2.51. The van der Waals surface area contributed by atoms with Crippen molar-refractivity contribution >= 4 is 51.3 Å². The maximum absolute atomic E-state index is 12.6. The lowest BCUT2D eigenvalue weighted by Gasteiger charge is -2.32. The Morgan fingerprint density at radius 2 is 2.04 bits per heavy atom. The van der Waals surface area contributed by atoms with Crippen molar-refractivity contribution in [2.45, 2.75) is 37.9 Å². The summed E-state index contributed by atoms with van der Waals surface area (Å²) < 4.78 is 61.1. The van der Waals surface area contributed by atoms with E-state index < -0.39 is 15.5 Å². The Hall–Kier alpha value is -0.600. The molecule has 1 saturated heterocycles. The fourth-order valence-electron chi connectivity index (χ4n) is 2.45. The molecule has 0 radical (unpaired) electrons. The third-order valence-electron chi connectivity index (χ3n) is 3.77. The van der Waals surface area contributed by atoms with Crippen LogP contribution in [0.5, 0.6) is 0 Å². The summed E-state index contributed by atoms with van der Waals surface area (Å²) in [6, 6.07) is 1.85. The van der Waals surface area contributed by atoms with Gasteiger partial charge < -0.3 is 10.6 Å². The summed E-state index contributed by atoms with van der Waals surface area (Å²) in [6.07, 6.45) is 0.580. The molecule has 1 aromatic heterocycles. The topological polar surface area (TPSA) is 73.8 Å². The molecule has 2 heterocycles. The SMILES string of the molecule is CCNC(=NCc1ccsc1)NC1CCN(S(=O)(=O)C(F)(F)F)CC1.I. The summed E-state index contributed by atoms with van der Waals surface area (Å²) in [5.41, 5.74) is -4.17. The van der Waals surface area contributed by atoms with Gasteiger partial charge in [-0.3, -0.25) is 0 Å². The molecule has 0 atom stereocenters. The minimum atomic E-state index is -5.25. The van der Waals surface area contributed by atoms with Gasteiger partial charge in [0.2, 0.25) is 0 Å². The Morgan fingerprint density at radius 3 is 2.54 bits per heavy atom. The molecule has 1 aromatic rings. The number of hydrogen-bond acceptors (Lipinski definition) is 4. The summed E-state index contributed by atoms with van der Waals surface area (Å²) in [5.74, 6) is 0.575. The van der Waals surface area contributed by atoms with Crippen LogP contribution in [0.1, 0.15) is 25.3 Å². The number of alkyl halides is 3. The van der Waals surface area contributed by atoms with E-state index in [1.165, 1.54) is 0 Å². The Kier molecular flexibility index (Phi) is 9.09. The van der Waals surface area contributed by atoms with E-state index in [0.29, 0.717) is 23.4 Å². The van der Waals surface area contributed by atoms with Gasteiger partial charge in [-0.05, 0) is 42.2 Å². The van der Waals surface area contributed by atoms with E-state index in [9.17, 15) is 21.6 Å². The Balaban J connectivity index is 0.00000338. The van der Waals surface area contributed by atoms with E-state index in [1.807, 2.05) is 23.8 Å². The van der Waals surface area contributed by atoms with Crippen LogP contribution in [0, 0.1) is 0 Å². The van der Waals surface area contributed by atoms with Crippen LogP contribution >= 0.6 is 35.3 Å². The van der Waals surface area contributed by atoms with Gasteiger partial charge in [-0.2, -0.15) is 28.8 Å². The quantitative estimate of drug-likeness (QED) is 0.352. The summed E-state index contributed by atoms with van der Waals surface area (Å²) in [4.78, 5) is 4.45. The average molecular weight is 526 g/mol. The van der Waals surface area contributed by atoms with E-state index in [-0.39, 0.29) is 55.9 Å². The van der Waals surface area contributed by atoms with Crippen LogP contribution in [-0.4, -0.2) is 49.9 Å². The summed E-state index contributed by atoms with van der Waals surface area (Å²) in [6.45, 7) is 2.74. The van der Waals surface area contributed by atoms with Crippen molar-refractivity contribution in [1.29, 1.82) is 0 Å². The number of nitrogens with zero attached hydrogens (tertiary/aromatic N) is 2. The zero-order valence-corrected chi connectivity index (χ0v) is 18.1. The van der Waals surface area contributed by atoms with Gasteiger partial charge in [-0.25, -0.2) is 13.4 Å². The average Bonchev–Trinajstić information content (AvgIpc) is 3.06. The molecule has 26 heavy (non-hydrogen) atoms. The number of nitrogens with one attached hydrogen (secondary N) is 2. The molecule has 150 valence electrons. The van der Waals surface area contributed by atoms with E-state index in [0.717, 1.165) is 5.56 Å². The summed E-state index contributed by atoms with van der Waals surface area (Å²) in [7, 11) is -5.24. The van der Waals surface area contributed by atoms with Crippen molar-refractivity contribution in [3.8, 4) is 0 Å². The lowest BCUT2D eigenvalue weighted by molar-refractivity contribution is -0.0494. The number of piperidine rings is 1. The van der Waals surface area contributed by atoms with Crippen LogP contribution < -0.4 is 10.6 Å². The van der Waals surface area contributed by atoms with Crippen molar-refractivity contribution in [2.75, 3.05) is 19.6 Å². The molecule has 0 aliphatic carbocycles. The van der Waals surface area contributed by atoms with Gasteiger partial charge in [-0.15, -0.1) is 24.0 Å². The maximum atomic E-state index is 12.6. The highest BCUT2D eigenvalue weighted by molar-refractivity contribution is 14.0. The van der Waals surface area contributed by atoms with Crippen molar-refractivity contribution in [1.82, 2.24) is 14.9 Å². The lowest BCUT2D eigenvalue weighted by atomic mass is 10.1. The molecule has 0 bridgehead atoms. The first-order valence-corrected chi connectivity index (χ1v) is 10.2. The monoisotopic (exact) mass is 526 g/mol. The number of rotatable bonds is 5. The van der Waals surface area contributed by atoms with Crippen LogP contribution in [0.2, 0.25) is 0 Å². The predicted octanol–water partition coefficient (Wildman–Crippen LogP) is 2.74. The molecule has 0 amide bonds. The van der Waals surface area contributed by atoms with Gasteiger partial charge in [0, 0.05) is 25.7 Å². The van der Waals surface area contributed by atoms with Crippen molar-refractivity contribution < 1.29 is 21.6 Å². The number of halogens is 4. The standard InChI is InChI=1S/C14H21F3N4O2S2.HI/c1-2-18-13(19-9-11-5-8-24-10-11)20-12-3-6-21(7-4-12)25(22,23)14(15,16)17;/h5,8,10,12H,2-4,6-7,9H2,1H3,(H2,18,19,20);1H. The van der Waals surface area contributed by atoms with E-state index in [4.69, 9.17) is 0 Å². The molecule has 1 aliphatic rings. The normalized spacial score (nSPS) is 17.6. The second-order valence-electron chi connectivity index (χ2n) is 5.60. The Labute approximate surface area is 172 Å². The highest BCUT2D eigenvalue weighted by Gasteiger charge is 2.50. The van der Waals surface area contributed by atoms with Gasteiger partial charge in [0.15, 0.2) is 5.96 Å². The zero-order chi connectivity index (χ0) is 18.5. The van der Waals surface area contributed by atoms with Crippen LogP contribution in [0.15, 0.2) is 21.8 Å². The number of guanidine groups is 1. The molecule has 0 spiro atoms. The van der Waals surface area contributed by atoms with Crippen LogP contribution in [0.25, 0.3) is 0 Å². The zero-order valence-electron chi connectivity index (χ0n) is 14.1. The van der Waals surface area contributed by atoms with Gasteiger partial charge in [0.1, 0.15) is 0 Å². The van der Waals surface area contributed by atoms with Crippen LogP contribution in [0.4, 0.5) is 13.2 Å². The number of thiophene rings is 1. The first-order chi connectivity index (χ1) is 11.7. The van der Waals surface area contributed by atoms with E-state index in [2.05, 4.69) is 15.6 Å². The molecular formula is C14H22F3IN4O2S2. The second-order valence-corrected chi connectivity index (χ2v) is 8.30. The Morgan fingerprint density at radius 1 is 1.38 bits per heavy atom. The van der Waals surface area contributed by atoms with Gasteiger partial charge >= 0.3 is 15.5 Å². The number of hydrogen-bond donors (Lipinski definition) is 2. The molecule has 12 heteroatoms. The number of aliphatic imine (C=N–C) groups is 1. The third-order valence-corrected chi connectivity index (χ3v) is 6.13. The first-order valence-electron chi connectivity index (χ1n) is 7.86. The van der Waals surface area contributed by atoms with Crippen molar-refractivity contribution in [3.05, 3.63) is 22.4 Å². The molecule has 0 aromatic carbocycles. The third kappa shape index (κ3) is 6.23. The van der Waals surface area contributed by atoms with E-state index >= 15 is 0 Å². The van der Waals surface area contributed by atoms with Crippen LogP contribution in [0.3, 0.4) is 0 Å². The fraction of sp³-hybridized carbons (Fsp3) is 0.643. The molecule has 6 nitrogen and oxygen atoms in total. The minimum Gasteiger partial charge on any atom is -0.357 e. The smallest absolute Gasteiger partial charge is 0.357 e. The largest absolute Gasteiger partial charge is 0.511 e. The number of sulfonamides is 1. The molecule has 0 unspecified atom stereocenters. The summed E-state index contributed by atoms with van der Waals surface area (Å²) in [5, 5.41) is 10.2. The van der Waals surface area contributed by atoms with Crippen LogP contribution in [-0.2, 0) is 16.6 Å². The van der Waals surface area contributed by atoms with Gasteiger partial charge in [-0.1, -0.05) is 0 Å². The molecule has 2 rings (SSSR count). The van der Waals surface area contributed by atoms with Gasteiger partial charge in [0.05, 0.1) is 6.54 Å². The molecular weight excluding hydrogens is 504 g/mol. The predicted molar refractivity (Wildman–Crippen MR) is 107 cm³/mol. The summed E-state index contributed by atoms with van der Waals surface area (Å²) >= 11 is 1.58.